The summed E-state index contributed by atoms with van der Waals surface area (Å²) in [5.41, 5.74) is 0.744. The zero-order valence-corrected chi connectivity index (χ0v) is 13.9. The Morgan fingerprint density at radius 2 is 2.16 bits per heavy atom. The van der Waals surface area contributed by atoms with Crippen LogP contribution in [0.15, 0.2) is 27.1 Å². The van der Waals surface area contributed by atoms with Gasteiger partial charge in [0.1, 0.15) is 0 Å². The van der Waals surface area contributed by atoms with Crippen molar-refractivity contribution in [3.05, 3.63) is 32.7 Å². The molecule has 3 unspecified atom stereocenters. The van der Waals surface area contributed by atoms with Gasteiger partial charge in [-0.15, -0.1) is 0 Å². The van der Waals surface area contributed by atoms with Gasteiger partial charge in [0.25, 0.3) is 5.91 Å². The fraction of sp³-hybridized carbons (Fsp3) is 0.500. The lowest BCUT2D eigenvalue weighted by atomic mass is 10.0. The van der Waals surface area contributed by atoms with E-state index in [2.05, 4.69) is 49.0 Å². The standard InChI is InChI=1S/C14H16Br2N2O/c1-8-4-9-6-17-7-13(9)18(8)14(19)11-5-10(15)2-3-12(11)16/h2-3,5,8-9,13,17H,4,6-7H2,1H3. The van der Waals surface area contributed by atoms with E-state index in [9.17, 15) is 4.79 Å². The first-order chi connectivity index (χ1) is 9.08. The summed E-state index contributed by atoms with van der Waals surface area (Å²) in [5, 5.41) is 3.39. The van der Waals surface area contributed by atoms with Gasteiger partial charge in [0.2, 0.25) is 0 Å². The molecule has 0 bridgehead atoms. The minimum absolute atomic E-state index is 0.136. The lowest BCUT2D eigenvalue weighted by Crippen LogP contribution is -2.42. The maximum Gasteiger partial charge on any atom is 0.255 e. The molecule has 2 saturated heterocycles. The number of fused-ring (bicyclic) bond motifs is 1. The van der Waals surface area contributed by atoms with Crippen LogP contribution in [0, 0.1) is 5.92 Å². The lowest BCUT2D eigenvalue weighted by Gasteiger charge is -2.28. The highest BCUT2D eigenvalue weighted by atomic mass is 79.9. The van der Waals surface area contributed by atoms with Crippen LogP contribution >= 0.6 is 31.9 Å². The van der Waals surface area contributed by atoms with Gasteiger partial charge in [-0.2, -0.15) is 0 Å². The van der Waals surface area contributed by atoms with E-state index in [1.54, 1.807) is 0 Å². The highest BCUT2D eigenvalue weighted by molar-refractivity contribution is 9.11. The van der Waals surface area contributed by atoms with E-state index in [4.69, 9.17) is 0 Å². The van der Waals surface area contributed by atoms with Gasteiger partial charge in [-0.05, 0) is 53.4 Å². The lowest BCUT2D eigenvalue weighted by molar-refractivity contribution is 0.0681. The van der Waals surface area contributed by atoms with E-state index in [0.29, 0.717) is 18.0 Å². The molecule has 1 aromatic rings. The van der Waals surface area contributed by atoms with Crippen molar-refractivity contribution < 1.29 is 4.79 Å². The topological polar surface area (TPSA) is 32.3 Å². The Hall–Kier alpha value is -0.390. The van der Waals surface area contributed by atoms with Crippen LogP contribution in [-0.4, -0.2) is 36.0 Å². The van der Waals surface area contributed by atoms with E-state index in [0.717, 1.165) is 34.0 Å². The zero-order chi connectivity index (χ0) is 13.6. The second kappa shape index (κ2) is 5.19. The number of rotatable bonds is 1. The number of halogens is 2. The fourth-order valence-corrected chi connectivity index (χ4v) is 4.09. The maximum absolute atomic E-state index is 12.8. The van der Waals surface area contributed by atoms with E-state index in [-0.39, 0.29) is 5.91 Å². The molecule has 0 radical (unpaired) electrons. The Morgan fingerprint density at radius 1 is 1.37 bits per heavy atom. The molecule has 0 saturated carbocycles. The highest BCUT2D eigenvalue weighted by Gasteiger charge is 2.44. The van der Waals surface area contributed by atoms with Crippen molar-refractivity contribution in [2.75, 3.05) is 13.1 Å². The van der Waals surface area contributed by atoms with Crippen LogP contribution in [0.5, 0.6) is 0 Å². The minimum atomic E-state index is 0.136. The molecule has 0 aromatic heterocycles. The van der Waals surface area contributed by atoms with Gasteiger partial charge < -0.3 is 10.2 Å². The van der Waals surface area contributed by atoms with Crippen molar-refractivity contribution in [3.8, 4) is 0 Å². The van der Waals surface area contributed by atoms with E-state index < -0.39 is 0 Å². The minimum Gasteiger partial charge on any atom is -0.331 e. The smallest absolute Gasteiger partial charge is 0.255 e. The predicted molar refractivity (Wildman–Crippen MR) is 82.2 cm³/mol. The number of nitrogens with one attached hydrogen (secondary N) is 1. The third kappa shape index (κ3) is 2.36. The van der Waals surface area contributed by atoms with E-state index in [1.165, 1.54) is 0 Å². The van der Waals surface area contributed by atoms with Crippen LogP contribution in [0.25, 0.3) is 0 Å². The van der Waals surface area contributed by atoms with Gasteiger partial charge in [-0.3, -0.25) is 4.79 Å². The summed E-state index contributed by atoms with van der Waals surface area (Å²) >= 11 is 6.93. The first-order valence-electron chi connectivity index (χ1n) is 6.56. The molecule has 1 aromatic carbocycles. The molecule has 3 rings (SSSR count). The number of benzene rings is 1. The number of carbonyl (C=O) groups excluding carboxylic acids is 1. The van der Waals surface area contributed by atoms with Crippen molar-refractivity contribution >= 4 is 37.8 Å². The fourth-order valence-electron chi connectivity index (χ4n) is 3.32. The van der Waals surface area contributed by atoms with Crippen LogP contribution < -0.4 is 5.32 Å². The molecule has 2 aliphatic rings. The third-order valence-electron chi connectivity index (χ3n) is 4.17. The summed E-state index contributed by atoms with van der Waals surface area (Å²) in [5.74, 6) is 0.752. The van der Waals surface area contributed by atoms with Crippen LogP contribution in [0.3, 0.4) is 0 Å². The molecule has 0 spiro atoms. The first-order valence-corrected chi connectivity index (χ1v) is 8.15. The molecule has 0 aliphatic carbocycles. The van der Waals surface area contributed by atoms with Gasteiger partial charge >= 0.3 is 0 Å². The summed E-state index contributed by atoms with van der Waals surface area (Å²) in [4.78, 5) is 14.9. The molecule has 3 nitrogen and oxygen atoms in total. The monoisotopic (exact) mass is 386 g/mol. The Balaban J connectivity index is 1.93. The maximum atomic E-state index is 12.8. The number of hydrogen-bond donors (Lipinski definition) is 1. The van der Waals surface area contributed by atoms with Crippen LogP contribution in [-0.2, 0) is 0 Å². The van der Waals surface area contributed by atoms with Gasteiger partial charge in [0.15, 0.2) is 0 Å². The number of carbonyl (C=O) groups is 1. The zero-order valence-electron chi connectivity index (χ0n) is 10.7. The third-order valence-corrected chi connectivity index (χ3v) is 5.36. The van der Waals surface area contributed by atoms with Crippen molar-refractivity contribution in [3.63, 3.8) is 0 Å². The van der Waals surface area contributed by atoms with Crippen molar-refractivity contribution in [1.29, 1.82) is 0 Å². The summed E-state index contributed by atoms with van der Waals surface area (Å²) in [6.45, 7) is 4.12. The molecule has 2 fully saturated rings. The van der Waals surface area contributed by atoms with Gasteiger partial charge in [-0.25, -0.2) is 0 Å². The second-order valence-electron chi connectivity index (χ2n) is 5.41. The van der Waals surface area contributed by atoms with Crippen LogP contribution in [0.2, 0.25) is 0 Å². The van der Waals surface area contributed by atoms with Crippen LogP contribution in [0.1, 0.15) is 23.7 Å². The molecular weight excluding hydrogens is 372 g/mol. The summed E-state index contributed by atoms with van der Waals surface area (Å²) in [6, 6.07) is 6.44. The molecule has 1 N–H and O–H groups in total. The van der Waals surface area contributed by atoms with Crippen molar-refractivity contribution in [2.45, 2.75) is 25.4 Å². The number of likely N-dealkylation sites (tertiary alicyclic amines) is 1. The van der Waals surface area contributed by atoms with Crippen molar-refractivity contribution in [1.82, 2.24) is 10.2 Å². The molecule has 5 heteroatoms. The van der Waals surface area contributed by atoms with Crippen LogP contribution in [0.4, 0.5) is 0 Å². The van der Waals surface area contributed by atoms with Gasteiger partial charge in [0, 0.05) is 34.1 Å². The Kier molecular flexibility index (Phi) is 3.71. The summed E-state index contributed by atoms with van der Waals surface area (Å²) < 4.78 is 1.80. The van der Waals surface area contributed by atoms with Crippen molar-refractivity contribution in [2.24, 2.45) is 5.92 Å². The quantitative estimate of drug-likeness (QED) is 0.803. The molecule has 102 valence electrons. The average molecular weight is 388 g/mol. The Bertz CT molecular complexity index is 520. The Morgan fingerprint density at radius 3 is 2.95 bits per heavy atom. The SMILES string of the molecule is CC1CC2CNCC2N1C(=O)c1cc(Br)ccc1Br. The highest BCUT2D eigenvalue weighted by Crippen LogP contribution is 2.34. The van der Waals surface area contributed by atoms with E-state index in [1.807, 2.05) is 18.2 Å². The summed E-state index contributed by atoms with van der Waals surface area (Å²) in [7, 11) is 0. The largest absolute Gasteiger partial charge is 0.331 e. The van der Waals surface area contributed by atoms with Gasteiger partial charge in [-0.1, -0.05) is 15.9 Å². The normalized spacial score (nSPS) is 29.6. The van der Waals surface area contributed by atoms with Gasteiger partial charge in [0.05, 0.1) is 5.56 Å². The molecule has 3 atom stereocenters. The second-order valence-corrected chi connectivity index (χ2v) is 7.18. The number of hydrogen-bond acceptors (Lipinski definition) is 2. The predicted octanol–water partition coefficient (Wildman–Crippen LogP) is 3.03. The number of nitrogens with zero attached hydrogens (tertiary/aromatic N) is 1. The average Bonchev–Trinajstić information content (AvgIpc) is 2.91. The molecule has 1 amide bonds. The number of amides is 1. The first kappa shape index (κ1) is 13.6. The molecule has 19 heavy (non-hydrogen) atoms. The van der Waals surface area contributed by atoms with E-state index >= 15 is 0 Å². The Labute approximate surface area is 130 Å². The molecule has 2 aliphatic heterocycles. The summed E-state index contributed by atoms with van der Waals surface area (Å²) in [6.07, 6.45) is 1.11. The molecule has 2 heterocycles. The molecular formula is C14H16Br2N2O.